The predicted octanol–water partition coefficient (Wildman–Crippen LogP) is 5.72. The molecule has 0 radical (unpaired) electrons. The van der Waals surface area contributed by atoms with Crippen LogP contribution in [0.5, 0.6) is 0 Å². The van der Waals surface area contributed by atoms with Crippen molar-refractivity contribution < 1.29 is 4.79 Å². The molecule has 0 atom stereocenters. The van der Waals surface area contributed by atoms with Crippen molar-refractivity contribution in [2.75, 3.05) is 5.32 Å². The molecule has 1 aromatic heterocycles. The number of nitrogens with zero attached hydrogens (tertiary/aromatic N) is 1. The fraction of sp³-hybridized carbons (Fsp3) is 0.130. The number of aromatic amines is 1. The summed E-state index contributed by atoms with van der Waals surface area (Å²) in [4.78, 5) is 20.4. The summed E-state index contributed by atoms with van der Waals surface area (Å²) in [6, 6.07) is 21.7. The minimum atomic E-state index is -0.0996. The van der Waals surface area contributed by atoms with E-state index in [0.29, 0.717) is 5.56 Å². The van der Waals surface area contributed by atoms with Crippen molar-refractivity contribution in [3.05, 3.63) is 89.0 Å². The first-order valence-electron chi connectivity index (χ1n) is 9.13. The third-order valence-electron chi connectivity index (χ3n) is 4.48. The van der Waals surface area contributed by atoms with Crippen LogP contribution in [0.1, 0.15) is 27.0 Å². The monoisotopic (exact) mass is 387 g/mol. The molecule has 140 valence electrons. The van der Waals surface area contributed by atoms with E-state index < -0.39 is 0 Å². The van der Waals surface area contributed by atoms with E-state index in [9.17, 15) is 4.79 Å². The quantitative estimate of drug-likeness (QED) is 0.430. The standard InChI is InChI=1S/C23H21N3OS/c1-15-4-3-5-19(12-15)24-22(27)18-9-7-17(8-10-18)14-28-23-25-20-11-6-16(2)13-21(20)26-23/h3-13H,14H2,1-2H3,(H,24,27)(H,25,26). The largest absolute Gasteiger partial charge is 0.333 e. The van der Waals surface area contributed by atoms with Gasteiger partial charge in [0.2, 0.25) is 0 Å². The molecule has 0 aliphatic rings. The van der Waals surface area contributed by atoms with Crippen LogP contribution in [0.3, 0.4) is 0 Å². The second kappa shape index (κ2) is 7.90. The van der Waals surface area contributed by atoms with Gasteiger partial charge in [-0.1, -0.05) is 42.1 Å². The Balaban J connectivity index is 1.39. The van der Waals surface area contributed by atoms with E-state index >= 15 is 0 Å². The number of aromatic nitrogens is 2. The Morgan fingerprint density at radius 3 is 2.57 bits per heavy atom. The smallest absolute Gasteiger partial charge is 0.255 e. The summed E-state index contributed by atoms with van der Waals surface area (Å²) in [6.45, 7) is 4.08. The van der Waals surface area contributed by atoms with Crippen LogP contribution in [0.4, 0.5) is 5.69 Å². The van der Waals surface area contributed by atoms with Crippen LogP contribution < -0.4 is 5.32 Å². The minimum Gasteiger partial charge on any atom is -0.333 e. The number of H-pyrrole nitrogens is 1. The Bertz CT molecular complexity index is 1130. The Morgan fingerprint density at radius 1 is 1.00 bits per heavy atom. The van der Waals surface area contributed by atoms with Gasteiger partial charge in [-0.2, -0.15) is 0 Å². The molecule has 1 amide bonds. The zero-order valence-electron chi connectivity index (χ0n) is 15.8. The Kier molecular flexibility index (Phi) is 5.17. The average Bonchev–Trinajstić information content (AvgIpc) is 3.09. The summed E-state index contributed by atoms with van der Waals surface area (Å²) in [5, 5.41) is 3.84. The van der Waals surface area contributed by atoms with Crippen molar-refractivity contribution in [2.45, 2.75) is 24.8 Å². The molecule has 0 fully saturated rings. The van der Waals surface area contributed by atoms with Gasteiger partial charge in [-0.25, -0.2) is 4.98 Å². The molecular weight excluding hydrogens is 366 g/mol. The summed E-state index contributed by atoms with van der Waals surface area (Å²) in [6.07, 6.45) is 0. The van der Waals surface area contributed by atoms with Gasteiger partial charge in [0.25, 0.3) is 5.91 Å². The summed E-state index contributed by atoms with van der Waals surface area (Å²) in [5.41, 5.74) is 6.98. The first kappa shape index (κ1) is 18.3. The SMILES string of the molecule is Cc1cccc(NC(=O)c2ccc(CSc3nc4ccc(C)cc4[nH]3)cc2)c1. The van der Waals surface area contributed by atoms with Crippen molar-refractivity contribution in [1.82, 2.24) is 9.97 Å². The highest BCUT2D eigenvalue weighted by Gasteiger charge is 2.08. The van der Waals surface area contributed by atoms with Gasteiger partial charge in [-0.3, -0.25) is 4.79 Å². The maximum absolute atomic E-state index is 12.4. The van der Waals surface area contributed by atoms with E-state index in [0.717, 1.165) is 38.8 Å². The van der Waals surface area contributed by atoms with Gasteiger partial charge in [0.15, 0.2) is 5.16 Å². The van der Waals surface area contributed by atoms with Gasteiger partial charge >= 0.3 is 0 Å². The molecule has 4 aromatic rings. The maximum Gasteiger partial charge on any atom is 0.255 e. The molecule has 28 heavy (non-hydrogen) atoms. The second-order valence-electron chi connectivity index (χ2n) is 6.87. The van der Waals surface area contributed by atoms with Crippen LogP contribution in [0.15, 0.2) is 71.9 Å². The zero-order chi connectivity index (χ0) is 19.5. The molecule has 2 N–H and O–H groups in total. The van der Waals surface area contributed by atoms with Crippen LogP contribution in [0.25, 0.3) is 11.0 Å². The summed E-state index contributed by atoms with van der Waals surface area (Å²) >= 11 is 1.66. The summed E-state index contributed by atoms with van der Waals surface area (Å²) in [5.74, 6) is 0.691. The summed E-state index contributed by atoms with van der Waals surface area (Å²) in [7, 11) is 0. The third kappa shape index (κ3) is 4.26. The highest BCUT2D eigenvalue weighted by atomic mass is 32.2. The third-order valence-corrected chi connectivity index (χ3v) is 5.43. The number of carbonyl (C=O) groups is 1. The first-order chi connectivity index (χ1) is 13.6. The van der Waals surface area contributed by atoms with Crippen molar-refractivity contribution in [3.63, 3.8) is 0 Å². The average molecular weight is 388 g/mol. The Morgan fingerprint density at radius 2 is 1.79 bits per heavy atom. The second-order valence-corrected chi connectivity index (χ2v) is 7.84. The lowest BCUT2D eigenvalue weighted by Gasteiger charge is -2.07. The molecule has 0 spiro atoms. The molecule has 0 saturated carbocycles. The van der Waals surface area contributed by atoms with Gasteiger partial charge in [0.1, 0.15) is 0 Å². The molecule has 1 heterocycles. The van der Waals surface area contributed by atoms with E-state index in [-0.39, 0.29) is 5.91 Å². The molecule has 0 aliphatic heterocycles. The lowest BCUT2D eigenvalue weighted by atomic mass is 10.1. The van der Waals surface area contributed by atoms with Crippen LogP contribution in [0, 0.1) is 13.8 Å². The minimum absolute atomic E-state index is 0.0996. The van der Waals surface area contributed by atoms with E-state index in [1.807, 2.05) is 61.5 Å². The van der Waals surface area contributed by atoms with Crippen LogP contribution in [0.2, 0.25) is 0 Å². The summed E-state index contributed by atoms with van der Waals surface area (Å²) < 4.78 is 0. The van der Waals surface area contributed by atoms with Gasteiger partial charge < -0.3 is 10.3 Å². The number of fused-ring (bicyclic) bond motifs is 1. The molecule has 3 aromatic carbocycles. The van der Waals surface area contributed by atoms with Crippen LogP contribution >= 0.6 is 11.8 Å². The normalized spacial score (nSPS) is 10.9. The number of thioether (sulfide) groups is 1. The number of aryl methyl sites for hydroxylation is 2. The van der Waals surface area contributed by atoms with Gasteiger partial charge in [0.05, 0.1) is 11.0 Å². The number of hydrogen-bond acceptors (Lipinski definition) is 3. The van der Waals surface area contributed by atoms with Crippen LogP contribution in [-0.2, 0) is 5.75 Å². The molecule has 0 aliphatic carbocycles. The lowest BCUT2D eigenvalue weighted by molar-refractivity contribution is 0.102. The number of anilines is 1. The number of imidazole rings is 1. The number of nitrogens with one attached hydrogen (secondary N) is 2. The molecule has 4 rings (SSSR count). The fourth-order valence-electron chi connectivity index (χ4n) is 3.00. The topological polar surface area (TPSA) is 57.8 Å². The molecule has 0 saturated heterocycles. The molecule has 4 nitrogen and oxygen atoms in total. The van der Waals surface area contributed by atoms with Crippen molar-refractivity contribution in [3.8, 4) is 0 Å². The first-order valence-corrected chi connectivity index (χ1v) is 10.1. The number of amides is 1. The van der Waals surface area contributed by atoms with Crippen molar-refractivity contribution in [2.24, 2.45) is 0 Å². The van der Waals surface area contributed by atoms with Crippen molar-refractivity contribution in [1.29, 1.82) is 0 Å². The van der Waals surface area contributed by atoms with E-state index in [4.69, 9.17) is 0 Å². The predicted molar refractivity (Wildman–Crippen MR) is 116 cm³/mol. The highest BCUT2D eigenvalue weighted by molar-refractivity contribution is 7.98. The number of carbonyl (C=O) groups excluding carboxylic acids is 1. The highest BCUT2D eigenvalue weighted by Crippen LogP contribution is 2.24. The van der Waals surface area contributed by atoms with Gasteiger partial charge in [-0.15, -0.1) is 0 Å². The van der Waals surface area contributed by atoms with Crippen LogP contribution in [-0.4, -0.2) is 15.9 Å². The van der Waals surface area contributed by atoms with Gasteiger partial charge in [-0.05, 0) is 66.9 Å². The fourth-order valence-corrected chi connectivity index (χ4v) is 3.84. The molecule has 0 bridgehead atoms. The zero-order valence-corrected chi connectivity index (χ0v) is 16.6. The Labute approximate surface area is 168 Å². The van der Waals surface area contributed by atoms with Crippen molar-refractivity contribution >= 4 is 34.4 Å². The molecular formula is C23H21N3OS. The lowest BCUT2D eigenvalue weighted by Crippen LogP contribution is -2.11. The van der Waals surface area contributed by atoms with Gasteiger partial charge in [0, 0.05) is 17.0 Å². The Hall–Kier alpha value is -3.05. The number of rotatable bonds is 5. The molecule has 0 unspecified atom stereocenters. The van der Waals surface area contributed by atoms with E-state index in [2.05, 4.69) is 34.3 Å². The number of hydrogen-bond donors (Lipinski definition) is 2. The number of benzene rings is 3. The maximum atomic E-state index is 12.4. The van der Waals surface area contributed by atoms with E-state index in [1.54, 1.807) is 11.8 Å². The molecule has 5 heteroatoms. The van der Waals surface area contributed by atoms with E-state index in [1.165, 1.54) is 5.56 Å².